The van der Waals surface area contributed by atoms with E-state index in [0.717, 1.165) is 39.3 Å². The number of rotatable bonds is 3. The smallest absolute Gasteiger partial charge is 0.164 e. The Hall–Kier alpha value is -4.34. The van der Waals surface area contributed by atoms with Gasteiger partial charge in [0.05, 0.1) is 0 Å². The summed E-state index contributed by atoms with van der Waals surface area (Å²) < 4.78 is 0. The van der Waals surface area contributed by atoms with Crippen LogP contribution in [-0.2, 0) is 6.42 Å². The van der Waals surface area contributed by atoms with Crippen LogP contribution in [0.15, 0.2) is 109 Å². The van der Waals surface area contributed by atoms with E-state index in [0.29, 0.717) is 17.5 Å². The van der Waals surface area contributed by atoms with Gasteiger partial charge in [0.15, 0.2) is 17.5 Å². The molecule has 0 spiro atoms. The molecule has 0 bridgehead atoms. The van der Waals surface area contributed by atoms with Crippen LogP contribution in [0.2, 0.25) is 5.02 Å². The van der Waals surface area contributed by atoms with Crippen LogP contribution in [0.1, 0.15) is 11.1 Å². The third-order valence-corrected chi connectivity index (χ3v) is 7.16. The topological polar surface area (TPSA) is 38.7 Å². The molecule has 4 heteroatoms. The molecule has 0 amide bonds. The molecule has 0 saturated heterocycles. The van der Waals surface area contributed by atoms with Gasteiger partial charge in [0.25, 0.3) is 0 Å². The zero-order chi connectivity index (χ0) is 24.1. The fourth-order valence-corrected chi connectivity index (χ4v) is 5.30. The van der Waals surface area contributed by atoms with E-state index in [2.05, 4.69) is 36.4 Å². The molecule has 0 unspecified atom stereocenters. The normalized spacial score (nSPS) is 11.9. The Morgan fingerprint density at radius 2 is 1.08 bits per heavy atom. The molecular formula is C32H20ClN3. The van der Waals surface area contributed by atoms with Crippen LogP contribution in [0.25, 0.3) is 56.1 Å². The maximum atomic E-state index is 6.75. The number of nitrogens with zero attached hydrogens (tertiary/aromatic N) is 3. The number of hydrogen-bond donors (Lipinski definition) is 0. The summed E-state index contributed by atoms with van der Waals surface area (Å²) in [6.07, 6.45) is 0.796. The van der Waals surface area contributed by atoms with E-state index in [4.69, 9.17) is 26.6 Å². The zero-order valence-corrected chi connectivity index (χ0v) is 20.1. The van der Waals surface area contributed by atoms with Crippen LogP contribution < -0.4 is 0 Å². The van der Waals surface area contributed by atoms with Gasteiger partial charge in [-0.15, -0.1) is 0 Å². The van der Waals surface area contributed by atoms with Crippen molar-refractivity contribution in [2.24, 2.45) is 0 Å². The lowest BCUT2D eigenvalue weighted by Gasteiger charge is -2.13. The van der Waals surface area contributed by atoms with Gasteiger partial charge in [-0.2, -0.15) is 0 Å². The maximum absolute atomic E-state index is 6.75. The Morgan fingerprint density at radius 3 is 1.72 bits per heavy atom. The lowest BCUT2D eigenvalue weighted by Crippen LogP contribution is -2.01. The van der Waals surface area contributed by atoms with Gasteiger partial charge in [0.2, 0.25) is 0 Å². The van der Waals surface area contributed by atoms with E-state index in [1.54, 1.807) is 0 Å². The molecule has 1 aliphatic carbocycles. The van der Waals surface area contributed by atoms with Crippen molar-refractivity contribution >= 4 is 22.4 Å². The molecule has 1 aromatic heterocycles. The van der Waals surface area contributed by atoms with Crippen LogP contribution in [0.4, 0.5) is 0 Å². The van der Waals surface area contributed by atoms with Crippen molar-refractivity contribution < 1.29 is 0 Å². The minimum atomic E-state index is 0.650. The standard InChI is InChI=1S/C32H20ClN3/c33-28-16-15-25(29-26-18-23-14-8-7-13-22(23)17-24(26)19-27(28)29)32-35-30(20-9-3-1-4-10-20)34-31(36-32)21-11-5-2-6-12-21/h1-18H,19H2. The SMILES string of the molecule is Clc1ccc(-c2nc(-c3ccccc3)nc(-c3ccccc3)n2)c2c1Cc1cc3ccccc3cc1-2. The van der Waals surface area contributed by atoms with Crippen LogP contribution >= 0.6 is 11.6 Å². The van der Waals surface area contributed by atoms with Gasteiger partial charge in [0.1, 0.15) is 0 Å². The molecule has 1 aliphatic rings. The molecule has 0 N–H and O–H groups in total. The number of benzene rings is 5. The Bertz CT molecular complexity index is 1700. The molecular weight excluding hydrogens is 462 g/mol. The average Bonchev–Trinajstić information content (AvgIpc) is 3.32. The van der Waals surface area contributed by atoms with Crippen LogP contribution in [0.5, 0.6) is 0 Å². The molecule has 3 nitrogen and oxygen atoms in total. The van der Waals surface area contributed by atoms with Crippen molar-refractivity contribution in [3.05, 3.63) is 125 Å². The summed E-state index contributed by atoms with van der Waals surface area (Å²) in [6, 6.07) is 37.2. The van der Waals surface area contributed by atoms with Crippen molar-refractivity contribution in [1.29, 1.82) is 0 Å². The molecule has 36 heavy (non-hydrogen) atoms. The maximum Gasteiger partial charge on any atom is 0.164 e. The van der Waals surface area contributed by atoms with Gasteiger partial charge >= 0.3 is 0 Å². The second kappa shape index (κ2) is 8.40. The molecule has 1 heterocycles. The highest BCUT2D eigenvalue weighted by Crippen LogP contribution is 2.46. The van der Waals surface area contributed by atoms with Gasteiger partial charge < -0.3 is 0 Å². The van der Waals surface area contributed by atoms with Gasteiger partial charge in [0, 0.05) is 28.1 Å². The van der Waals surface area contributed by atoms with Gasteiger partial charge in [-0.25, -0.2) is 15.0 Å². The number of fused-ring (bicyclic) bond motifs is 4. The molecule has 7 rings (SSSR count). The third-order valence-electron chi connectivity index (χ3n) is 6.80. The van der Waals surface area contributed by atoms with Crippen molar-refractivity contribution in [2.75, 3.05) is 0 Å². The van der Waals surface area contributed by atoms with Gasteiger partial charge in [-0.1, -0.05) is 103 Å². The van der Waals surface area contributed by atoms with Gasteiger partial charge in [-0.05, 0) is 51.2 Å². The van der Waals surface area contributed by atoms with Crippen molar-refractivity contribution in [3.63, 3.8) is 0 Å². The summed E-state index contributed by atoms with van der Waals surface area (Å²) in [6.45, 7) is 0. The Labute approximate surface area is 214 Å². The fourth-order valence-electron chi connectivity index (χ4n) is 5.08. The summed E-state index contributed by atoms with van der Waals surface area (Å²) in [7, 11) is 0. The Balaban J connectivity index is 1.49. The largest absolute Gasteiger partial charge is 0.208 e. The van der Waals surface area contributed by atoms with E-state index in [1.807, 2.05) is 72.8 Å². The summed E-state index contributed by atoms with van der Waals surface area (Å²) in [4.78, 5) is 14.8. The predicted molar refractivity (Wildman–Crippen MR) is 147 cm³/mol. The van der Waals surface area contributed by atoms with Crippen molar-refractivity contribution in [2.45, 2.75) is 6.42 Å². The monoisotopic (exact) mass is 481 g/mol. The highest BCUT2D eigenvalue weighted by Gasteiger charge is 2.26. The van der Waals surface area contributed by atoms with Crippen LogP contribution in [0.3, 0.4) is 0 Å². The first-order valence-electron chi connectivity index (χ1n) is 12.0. The predicted octanol–water partition coefficient (Wildman–Crippen LogP) is 8.25. The second-order valence-corrected chi connectivity index (χ2v) is 9.43. The van der Waals surface area contributed by atoms with Crippen molar-refractivity contribution in [3.8, 4) is 45.3 Å². The minimum absolute atomic E-state index is 0.650. The van der Waals surface area contributed by atoms with Crippen LogP contribution in [0, 0.1) is 0 Å². The summed E-state index contributed by atoms with van der Waals surface area (Å²) in [5.41, 5.74) is 7.60. The van der Waals surface area contributed by atoms with E-state index in [9.17, 15) is 0 Å². The molecule has 170 valence electrons. The lowest BCUT2D eigenvalue weighted by molar-refractivity contribution is 1.07. The summed E-state index contributed by atoms with van der Waals surface area (Å²) in [5, 5.41) is 3.22. The number of halogens is 1. The van der Waals surface area contributed by atoms with Gasteiger partial charge in [-0.3, -0.25) is 0 Å². The summed E-state index contributed by atoms with van der Waals surface area (Å²) >= 11 is 6.75. The molecule has 5 aromatic carbocycles. The van der Waals surface area contributed by atoms with E-state index >= 15 is 0 Å². The van der Waals surface area contributed by atoms with E-state index < -0.39 is 0 Å². The minimum Gasteiger partial charge on any atom is -0.208 e. The first kappa shape index (κ1) is 21.0. The lowest BCUT2D eigenvalue weighted by atomic mass is 9.96. The highest BCUT2D eigenvalue weighted by atomic mass is 35.5. The van der Waals surface area contributed by atoms with Crippen molar-refractivity contribution in [1.82, 2.24) is 15.0 Å². The molecule has 0 fully saturated rings. The zero-order valence-electron chi connectivity index (χ0n) is 19.3. The Morgan fingerprint density at radius 1 is 0.528 bits per heavy atom. The first-order valence-corrected chi connectivity index (χ1v) is 12.3. The number of aromatic nitrogens is 3. The van der Waals surface area contributed by atoms with Crippen LogP contribution in [-0.4, -0.2) is 15.0 Å². The van der Waals surface area contributed by atoms with E-state index in [1.165, 1.54) is 21.9 Å². The second-order valence-electron chi connectivity index (χ2n) is 9.02. The molecule has 6 aromatic rings. The molecule has 0 aliphatic heterocycles. The third kappa shape index (κ3) is 3.48. The number of hydrogen-bond acceptors (Lipinski definition) is 3. The fraction of sp³-hybridized carbons (Fsp3) is 0.0312. The first-order chi connectivity index (χ1) is 17.7. The van der Waals surface area contributed by atoms with E-state index in [-0.39, 0.29) is 0 Å². The average molecular weight is 482 g/mol. The Kier molecular flexibility index (Phi) is 4.90. The highest BCUT2D eigenvalue weighted by molar-refractivity contribution is 6.32. The molecule has 0 atom stereocenters. The molecule has 0 saturated carbocycles. The molecule has 0 radical (unpaired) electrons. The quantitative estimate of drug-likeness (QED) is 0.255. The summed E-state index contributed by atoms with van der Waals surface area (Å²) in [5.74, 6) is 1.96.